The van der Waals surface area contributed by atoms with Gasteiger partial charge in [-0.25, -0.2) is 0 Å². The topological polar surface area (TPSA) is 108 Å². The van der Waals surface area contributed by atoms with Gasteiger partial charge >= 0.3 is 0 Å². The minimum atomic E-state index is -1.00. The van der Waals surface area contributed by atoms with E-state index in [-0.39, 0.29) is 30.4 Å². The average Bonchev–Trinajstić information content (AvgIpc) is 3.86. The van der Waals surface area contributed by atoms with Crippen molar-refractivity contribution in [2.75, 3.05) is 26.7 Å². The summed E-state index contributed by atoms with van der Waals surface area (Å²) in [4.78, 5) is 38.6. The summed E-state index contributed by atoms with van der Waals surface area (Å²) in [5.74, 6) is 0.229. The fourth-order valence-corrected chi connectivity index (χ4v) is 5.42. The van der Waals surface area contributed by atoms with E-state index in [2.05, 4.69) is 35.8 Å². The second kappa shape index (κ2) is 17.3. The third-order valence-corrected chi connectivity index (χ3v) is 8.45. The largest absolute Gasteiger partial charge is 0.490 e. The number of nitrogens with one attached hydrogen (secondary N) is 2. The van der Waals surface area contributed by atoms with Crippen LogP contribution in [0.3, 0.4) is 0 Å². The van der Waals surface area contributed by atoms with Gasteiger partial charge in [0.1, 0.15) is 11.8 Å². The Morgan fingerprint density at radius 1 is 1.09 bits per heavy atom. The summed E-state index contributed by atoms with van der Waals surface area (Å²) in [6.45, 7) is 5.87. The summed E-state index contributed by atoms with van der Waals surface area (Å²) >= 11 is 5.61. The molecular formula is C34H48ClN3O5. The molecule has 1 heterocycles. The minimum Gasteiger partial charge on any atom is -0.490 e. The molecule has 8 nitrogen and oxygen atoms in total. The molecular weight excluding hydrogens is 566 g/mol. The van der Waals surface area contributed by atoms with Gasteiger partial charge in [-0.15, -0.1) is 0 Å². The number of halogens is 1. The van der Waals surface area contributed by atoms with E-state index in [1.165, 1.54) is 28.6 Å². The molecule has 4 rings (SSSR count). The van der Waals surface area contributed by atoms with Crippen molar-refractivity contribution in [2.24, 2.45) is 11.8 Å². The summed E-state index contributed by atoms with van der Waals surface area (Å²) in [6.07, 6.45) is 8.16. The summed E-state index contributed by atoms with van der Waals surface area (Å²) in [5, 5.41) is 15.8. The molecule has 3 atom stereocenters. The number of benzene rings is 2. The van der Waals surface area contributed by atoms with Gasteiger partial charge in [0.05, 0.1) is 19.3 Å². The number of fused-ring (bicyclic) bond motifs is 1. The van der Waals surface area contributed by atoms with Crippen LogP contribution >= 0.6 is 11.6 Å². The van der Waals surface area contributed by atoms with Crippen LogP contribution in [0.15, 0.2) is 42.5 Å². The highest BCUT2D eigenvalue weighted by Gasteiger charge is 2.37. The van der Waals surface area contributed by atoms with Gasteiger partial charge in [0.25, 0.3) is 0 Å². The third kappa shape index (κ3) is 10.8. The Kier molecular flexibility index (Phi) is 13.8. The molecule has 0 bridgehead atoms. The van der Waals surface area contributed by atoms with E-state index < -0.39 is 18.6 Å². The molecule has 9 heteroatoms. The zero-order chi connectivity index (χ0) is 31.4. The van der Waals surface area contributed by atoms with Crippen molar-refractivity contribution in [1.82, 2.24) is 15.5 Å². The number of aliphatic hydroxyl groups excluding tert-OH is 1. The molecule has 0 saturated heterocycles. The lowest BCUT2D eigenvalue weighted by atomic mass is 9.96. The Hall–Kier alpha value is -3.10. The van der Waals surface area contributed by atoms with Gasteiger partial charge in [-0.3, -0.25) is 14.4 Å². The number of likely N-dealkylation sites (N-methyl/N-ethyl adjacent to an activating group) is 1. The molecule has 236 valence electrons. The van der Waals surface area contributed by atoms with Gasteiger partial charge in [-0.1, -0.05) is 67.8 Å². The summed E-state index contributed by atoms with van der Waals surface area (Å²) < 4.78 is 6.26. The second-order valence-electron chi connectivity index (χ2n) is 11.7. The van der Waals surface area contributed by atoms with E-state index in [0.717, 1.165) is 62.1 Å². The van der Waals surface area contributed by atoms with E-state index in [9.17, 15) is 19.5 Å². The van der Waals surface area contributed by atoms with Crippen LogP contribution < -0.4 is 15.4 Å². The number of amides is 3. The molecule has 0 spiro atoms. The van der Waals surface area contributed by atoms with Crippen LogP contribution in [-0.2, 0) is 27.2 Å². The maximum absolute atomic E-state index is 12.5. The fraction of sp³-hybridized carbons (Fsp3) is 0.559. The van der Waals surface area contributed by atoms with Crippen LogP contribution in [-0.4, -0.2) is 66.6 Å². The Labute approximate surface area is 261 Å². The molecule has 3 unspecified atom stereocenters. The summed E-state index contributed by atoms with van der Waals surface area (Å²) in [5.41, 5.74) is 3.68. The Morgan fingerprint density at radius 3 is 2.44 bits per heavy atom. The van der Waals surface area contributed by atoms with Crippen molar-refractivity contribution in [1.29, 1.82) is 0 Å². The first-order valence-corrected chi connectivity index (χ1v) is 15.9. The van der Waals surface area contributed by atoms with E-state index in [1.807, 2.05) is 38.1 Å². The second-order valence-corrected chi connectivity index (χ2v) is 12.1. The van der Waals surface area contributed by atoms with Crippen LogP contribution in [0.4, 0.5) is 0 Å². The molecule has 1 saturated carbocycles. The number of nitrogens with zero attached hydrogens (tertiary/aromatic N) is 1. The molecule has 0 radical (unpaired) electrons. The fourth-order valence-electron chi connectivity index (χ4n) is 5.29. The SMILES string of the molecule is CCCC1CCc2cccc(CCCNC(=O)CNC(=O)C(CO)N(C)C(=O)C(C)C3CC3)c2O1.Cc1ccc(Cl)cc1. The first-order chi connectivity index (χ1) is 20.6. The van der Waals surface area contributed by atoms with Crippen LogP contribution in [0.2, 0.25) is 5.02 Å². The van der Waals surface area contributed by atoms with E-state index in [0.29, 0.717) is 12.5 Å². The molecule has 0 aromatic heterocycles. The smallest absolute Gasteiger partial charge is 0.245 e. The molecule has 3 N–H and O–H groups in total. The number of ether oxygens (including phenoxy) is 1. The molecule has 3 amide bonds. The van der Waals surface area contributed by atoms with Gasteiger partial charge in [-0.05, 0) is 81.0 Å². The Bertz CT molecular complexity index is 1180. The van der Waals surface area contributed by atoms with Gasteiger partial charge < -0.3 is 25.4 Å². The van der Waals surface area contributed by atoms with E-state index >= 15 is 0 Å². The monoisotopic (exact) mass is 613 g/mol. The number of carbonyl (C=O) groups excluding carboxylic acids is 3. The predicted octanol–water partition coefficient (Wildman–Crippen LogP) is 4.86. The lowest BCUT2D eigenvalue weighted by Gasteiger charge is -2.28. The maximum atomic E-state index is 12.5. The molecule has 2 aromatic rings. The van der Waals surface area contributed by atoms with Crippen molar-refractivity contribution >= 4 is 29.3 Å². The highest BCUT2D eigenvalue weighted by atomic mass is 35.5. The highest BCUT2D eigenvalue weighted by Crippen LogP contribution is 2.37. The van der Waals surface area contributed by atoms with Gasteiger partial charge in [0, 0.05) is 24.5 Å². The number of carbonyl (C=O) groups is 3. The molecule has 43 heavy (non-hydrogen) atoms. The average molecular weight is 614 g/mol. The van der Waals surface area contributed by atoms with Crippen molar-refractivity contribution in [3.63, 3.8) is 0 Å². The van der Waals surface area contributed by atoms with Crippen LogP contribution in [0.1, 0.15) is 69.1 Å². The maximum Gasteiger partial charge on any atom is 0.245 e. The molecule has 1 fully saturated rings. The van der Waals surface area contributed by atoms with Gasteiger partial charge in [-0.2, -0.15) is 0 Å². The molecule has 1 aliphatic heterocycles. The number of aliphatic hydroxyl groups is 1. The number of aryl methyl sites for hydroxylation is 3. The van der Waals surface area contributed by atoms with Crippen LogP contribution in [0.25, 0.3) is 0 Å². The normalized spacial score (nSPS) is 16.8. The van der Waals surface area contributed by atoms with Crippen molar-refractivity contribution in [2.45, 2.75) is 84.3 Å². The van der Waals surface area contributed by atoms with Crippen LogP contribution in [0.5, 0.6) is 5.75 Å². The Morgan fingerprint density at radius 2 is 1.81 bits per heavy atom. The number of para-hydroxylation sites is 1. The highest BCUT2D eigenvalue weighted by molar-refractivity contribution is 6.30. The number of hydrogen-bond donors (Lipinski definition) is 3. The Balaban J connectivity index is 0.000000546. The summed E-state index contributed by atoms with van der Waals surface area (Å²) in [7, 11) is 1.53. The van der Waals surface area contributed by atoms with Crippen molar-refractivity contribution in [3.8, 4) is 5.75 Å². The minimum absolute atomic E-state index is 0.153. The standard InChI is InChI=1S/C27H41N3O5.C7H7Cl/c1-4-7-22-14-13-21-9-5-8-20(25(21)35-22)10-6-15-28-24(32)16-29-26(33)23(17-31)30(3)27(34)18(2)19-11-12-19;1-6-2-4-7(8)5-3-6/h5,8-9,18-19,22-23,31H,4,6-7,10-17H2,1-3H3,(H,28,32)(H,29,33);2-5H,1H3. The van der Waals surface area contributed by atoms with Crippen molar-refractivity contribution < 1.29 is 24.2 Å². The zero-order valence-electron chi connectivity index (χ0n) is 26.0. The van der Waals surface area contributed by atoms with Gasteiger partial charge in [0.15, 0.2) is 0 Å². The van der Waals surface area contributed by atoms with E-state index in [1.54, 1.807) is 0 Å². The van der Waals surface area contributed by atoms with Crippen molar-refractivity contribution in [3.05, 3.63) is 64.2 Å². The number of rotatable bonds is 13. The lowest BCUT2D eigenvalue weighted by molar-refractivity contribution is -0.143. The molecule has 1 aliphatic carbocycles. The zero-order valence-corrected chi connectivity index (χ0v) is 26.8. The molecule has 2 aromatic carbocycles. The third-order valence-electron chi connectivity index (χ3n) is 8.20. The predicted molar refractivity (Wildman–Crippen MR) is 170 cm³/mol. The number of hydrogen-bond acceptors (Lipinski definition) is 5. The first kappa shape index (κ1) is 34.4. The molecule has 2 aliphatic rings. The first-order valence-electron chi connectivity index (χ1n) is 15.6. The van der Waals surface area contributed by atoms with E-state index in [4.69, 9.17) is 16.3 Å². The summed E-state index contributed by atoms with van der Waals surface area (Å²) in [6, 6.07) is 13.0. The van der Waals surface area contributed by atoms with Gasteiger partial charge in [0.2, 0.25) is 17.7 Å². The lowest BCUT2D eigenvalue weighted by Crippen LogP contribution is -2.52. The quantitative estimate of drug-likeness (QED) is 0.280. The van der Waals surface area contributed by atoms with Crippen LogP contribution in [0, 0.1) is 18.8 Å².